The Hall–Kier alpha value is -2.92. The van der Waals surface area contributed by atoms with Crippen molar-refractivity contribution in [3.63, 3.8) is 0 Å². The molecule has 0 bridgehead atoms. The second kappa shape index (κ2) is 8.21. The molecule has 0 aliphatic carbocycles. The molecule has 2 heterocycles. The van der Waals surface area contributed by atoms with Crippen LogP contribution in [0.4, 0.5) is 11.4 Å². The van der Waals surface area contributed by atoms with Crippen molar-refractivity contribution in [2.24, 2.45) is 0 Å². The lowest BCUT2D eigenvalue weighted by atomic mass is 10.0. The minimum Gasteiger partial charge on any atom is -0.322 e. The lowest BCUT2D eigenvalue weighted by molar-refractivity contribution is 0.0985. The fourth-order valence-corrected chi connectivity index (χ4v) is 4.79. The molecule has 0 atom stereocenters. The van der Waals surface area contributed by atoms with Crippen molar-refractivity contribution in [3.8, 4) is 0 Å². The first kappa shape index (κ1) is 19.4. The van der Waals surface area contributed by atoms with Crippen LogP contribution in [-0.2, 0) is 6.42 Å². The van der Waals surface area contributed by atoms with E-state index in [4.69, 9.17) is 0 Å². The highest BCUT2D eigenvalue weighted by Gasteiger charge is 2.23. The fourth-order valence-electron chi connectivity index (χ4n) is 3.87. The molecule has 1 aliphatic rings. The summed E-state index contributed by atoms with van der Waals surface area (Å²) in [5.41, 5.74) is 4.95. The van der Waals surface area contributed by atoms with Crippen LogP contribution in [0.1, 0.15) is 49.6 Å². The Morgan fingerprint density at radius 2 is 1.69 bits per heavy atom. The number of fused-ring (bicyclic) bond motifs is 1. The molecule has 4 nitrogen and oxygen atoms in total. The number of carbonyl (C=O) groups is 2. The standard InChI is InChI=1S/C24H24N2O2S/c1-16-6-5-7-17(2)22(16)23(27)25-19-11-9-18(10-12-19)24(28)26-14-4-3-8-21-20(26)13-15-29-21/h5-7,9-13,15H,3-4,8,14H2,1-2H3,(H,25,27). The van der Waals surface area contributed by atoms with Gasteiger partial charge in [0.05, 0.1) is 5.69 Å². The van der Waals surface area contributed by atoms with Gasteiger partial charge in [-0.25, -0.2) is 0 Å². The molecule has 29 heavy (non-hydrogen) atoms. The van der Waals surface area contributed by atoms with Gasteiger partial charge in [0.25, 0.3) is 11.8 Å². The van der Waals surface area contributed by atoms with E-state index in [1.54, 1.807) is 35.6 Å². The zero-order valence-electron chi connectivity index (χ0n) is 16.7. The number of anilines is 2. The van der Waals surface area contributed by atoms with Crippen molar-refractivity contribution in [2.45, 2.75) is 33.1 Å². The Labute approximate surface area is 175 Å². The van der Waals surface area contributed by atoms with Crippen molar-refractivity contribution in [1.29, 1.82) is 0 Å². The minimum atomic E-state index is -0.130. The zero-order valence-corrected chi connectivity index (χ0v) is 17.5. The minimum absolute atomic E-state index is 0.0131. The maximum Gasteiger partial charge on any atom is 0.258 e. The molecule has 0 fully saturated rings. The van der Waals surface area contributed by atoms with Crippen LogP contribution in [0.15, 0.2) is 53.9 Å². The normalized spacial score (nSPS) is 13.5. The van der Waals surface area contributed by atoms with E-state index in [0.29, 0.717) is 16.8 Å². The monoisotopic (exact) mass is 404 g/mol. The Morgan fingerprint density at radius 1 is 0.966 bits per heavy atom. The van der Waals surface area contributed by atoms with E-state index in [0.717, 1.165) is 42.6 Å². The van der Waals surface area contributed by atoms with Crippen LogP contribution in [0, 0.1) is 13.8 Å². The van der Waals surface area contributed by atoms with Gasteiger partial charge in [0.1, 0.15) is 0 Å². The highest BCUT2D eigenvalue weighted by atomic mass is 32.1. The van der Waals surface area contributed by atoms with Crippen LogP contribution in [0.2, 0.25) is 0 Å². The topological polar surface area (TPSA) is 49.4 Å². The summed E-state index contributed by atoms with van der Waals surface area (Å²) in [5, 5.41) is 5.00. The third-order valence-electron chi connectivity index (χ3n) is 5.39. The number of thiophene rings is 1. The number of hydrogen-bond acceptors (Lipinski definition) is 3. The van der Waals surface area contributed by atoms with E-state index in [1.807, 2.05) is 43.0 Å². The zero-order chi connectivity index (χ0) is 20.4. The molecule has 2 aromatic carbocycles. The first-order valence-corrected chi connectivity index (χ1v) is 10.8. The molecule has 0 saturated heterocycles. The van der Waals surface area contributed by atoms with Crippen LogP contribution in [0.25, 0.3) is 0 Å². The second-order valence-corrected chi connectivity index (χ2v) is 8.44. The van der Waals surface area contributed by atoms with E-state index in [9.17, 15) is 9.59 Å². The van der Waals surface area contributed by atoms with Crippen LogP contribution in [0.3, 0.4) is 0 Å². The first-order chi connectivity index (χ1) is 14.0. The quantitative estimate of drug-likeness (QED) is 0.618. The summed E-state index contributed by atoms with van der Waals surface area (Å²) < 4.78 is 0. The molecule has 1 aromatic heterocycles. The van der Waals surface area contributed by atoms with Gasteiger partial charge in [-0.3, -0.25) is 9.59 Å². The number of hydrogen-bond donors (Lipinski definition) is 1. The average Bonchev–Trinajstić information content (AvgIpc) is 3.07. The average molecular weight is 405 g/mol. The highest BCUT2D eigenvalue weighted by molar-refractivity contribution is 7.10. The lowest BCUT2D eigenvalue weighted by Crippen LogP contribution is -2.31. The molecule has 0 saturated carbocycles. The maximum atomic E-state index is 13.1. The van der Waals surface area contributed by atoms with Crippen molar-refractivity contribution in [1.82, 2.24) is 0 Å². The van der Waals surface area contributed by atoms with Crippen molar-refractivity contribution in [2.75, 3.05) is 16.8 Å². The summed E-state index contributed by atoms with van der Waals surface area (Å²) in [5.74, 6) is -0.116. The molecule has 0 radical (unpaired) electrons. The summed E-state index contributed by atoms with van der Waals surface area (Å²) >= 11 is 1.72. The van der Waals surface area contributed by atoms with Gasteiger partial charge in [0.2, 0.25) is 0 Å². The van der Waals surface area contributed by atoms with Gasteiger partial charge in [-0.1, -0.05) is 18.2 Å². The van der Waals surface area contributed by atoms with E-state index in [-0.39, 0.29) is 11.8 Å². The second-order valence-electron chi connectivity index (χ2n) is 7.44. The first-order valence-electron chi connectivity index (χ1n) is 9.90. The number of carbonyl (C=O) groups excluding carboxylic acids is 2. The predicted molar refractivity (Wildman–Crippen MR) is 119 cm³/mol. The van der Waals surface area contributed by atoms with Crippen molar-refractivity contribution < 1.29 is 9.59 Å². The molecule has 2 amide bonds. The largest absolute Gasteiger partial charge is 0.322 e. The number of benzene rings is 2. The Kier molecular flexibility index (Phi) is 5.49. The highest BCUT2D eigenvalue weighted by Crippen LogP contribution is 2.32. The Balaban J connectivity index is 1.51. The molecule has 5 heteroatoms. The van der Waals surface area contributed by atoms with Gasteiger partial charge in [0, 0.05) is 28.2 Å². The van der Waals surface area contributed by atoms with Crippen molar-refractivity contribution >= 4 is 34.5 Å². The van der Waals surface area contributed by atoms with Gasteiger partial charge in [-0.2, -0.15) is 0 Å². The van der Waals surface area contributed by atoms with Gasteiger partial charge in [0.15, 0.2) is 0 Å². The summed E-state index contributed by atoms with van der Waals surface area (Å²) in [6.07, 6.45) is 3.16. The van der Waals surface area contributed by atoms with Crippen LogP contribution < -0.4 is 10.2 Å². The van der Waals surface area contributed by atoms with Crippen LogP contribution in [0.5, 0.6) is 0 Å². The molecule has 1 aliphatic heterocycles. The molecule has 3 aromatic rings. The third-order valence-corrected chi connectivity index (χ3v) is 6.36. The predicted octanol–water partition coefficient (Wildman–Crippen LogP) is 5.60. The third kappa shape index (κ3) is 3.96. The molecule has 4 rings (SSSR count). The summed E-state index contributed by atoms with van der Waals surface area (Å²) in [6.45, 7) is 4.61. The van der Waals surface area contributed by atoms with Crippen LogP contribution >= 0.6 is 11.3 Å². The Morgan fingerprint density at radius 3 is 2.41 bits per heavy atom. The van der Waals surface area contributed by atoms with E-state index in [1.165, 1.54) is 4.88 Å². The van der Waals surface area contributed by atoms with E-state index >= 15 is 0 Å². The smallest absolute Gasteiger partial charge is 0.258 e. The fraction of sp³-hybridized carbons (Fsp3) is 0.250. The summed E-state index contributed by atoms with van der Waals surface area (Å²) in [4.78, 5) is 29.0. The van der Waals surface area contributed by atoms with Crippen LogP contribution in [-0.4, -0.2) is 18.4 Å². The maximum absolute atomic E-state index is 13.1. The molecular formula is C24H24N2O2S. The summed E-state index contributed by atoms with van der Waals surface area (Å²) in [6, 6.07) is 15.0. The molecule has 1 N–H and O–H groups in total. The number of nitrogens with zero attached hydrogens (tertiary/aromatic N) is 1. The molecule has 148 valence electrons. The number of nitrogens with one attached hydrogen (secondary N) is 1. The van der Waals surface area contributed by atoms with Gasteiger partial charge < -0.3 is 10.2 Å². The van der Waals surface area contributed by atoms with Crippen molar-refractivity contribution in [3.05, 3.63) is 81.0 Å². The SMILES string of the molecule is Cc1cccc(C)c1C(=O)Nc1ccc(C(=O)N2CCCCc3sccc32)cc1. The summed E-state index contributed by atoms with van der Waals surface area (Å²) in [7, 11) is 0. The molecule has 0 spiro atoms. The van der Waals surface area contributed by atoms with Gasteiger partial charge >= 0.3 is 0 Å². The number of rotatable bonds is 3. The number of aryl methyl sites for hydroxylation is 3. The number of amides is 2. The van der Waals surface area contributed by atoms with Gasteiger partial charge in [-0.15, -0.1) is 11.3 Å². The molecular weight excluding hydrogens is 380 g/mol. The Bertz CT molecular complexity index is 1030. The molecule has 0 unspecified atom stereocenters. The van der Waals surface area contributed by atoms with E-state index < -0.39 is 0 Å². The lowest BCUT2D eigenvalue weighted by Gasteiger charge is -2.21. The van der Waals surface area contributed by atoms with Gasteiger partial charge in [-0.05, 0) is 79.9 Å². The van der Waals surface area contributed by atoms with E-state index in [2.05, 4.69) is 10.7 Å².